The third kappa shape index (κ3) is 2.48. The number of benzene rings is 2. The van der Waals surface area contributed by atoms with Crippen molar-refractivity contribution < 1.29 is 0 Å². The molecule has 0 aromatic heterocycles. The van der Waals surface area contributed by atoms with E-state index in [1.807, 2.05) is 13.0 Å². The van der Waals surface area contributed by atoms with Gasteiger partial charge in [0.1, 0.15) is 0 Å². The molecule has 0 radical (unpaired) electrons. The van der Waals surface area contributed by atoms with Crippen molar-refractivity contribution >= 4 is 17.1 Å². The third-order valence-corrected chi connectivity index (χ3v) is 3.23. The number of rotatable bonds is 2. The first-order valence-electron chi connectivity index (χ1n) is 6.15. The minimum atomic E-state index is 0.840. The summed E-state index contributed by atoms with van der Waals surface area (Å²) in [5.74, 6) is 0. The Hall–Kier alpha value is -1.96. The minimum Gasteiger partial charge on any atom is -0.399 e. The molecule has 0 aliphatic carbocycles. The van der Waals surface area contributed by atoms with Crippen LogP contribution in [0.4, 0.5) is 17.1 Å². The number of nitrogens with two attached hydrogens (primary N) is 1. The van der Waals surface area contributed by atoms with Crippen LogP contribution in [0.15, 0.2) is 36.4 Å². The Balaban J connectivity index is 2.40. The van der Waals surface area contributed by atoms with Gasteiger partial charge in [-0.15, -0.1) is 0 Å². The van der Waals surface area contributed by atoms with Gasteiger partial charge < -0.3 is 10.6 Å². The molecular weight excluding hydrogens is 220 g/mol. The zero-order chi connectivity index (χ0) is 13.3. The van der Waals surface area contributed by atoms with Crippen molar-refractivity contribution in [1.82, 2.24) is 0 Å². The predicted octanol–water partition coefficient (Wildman–Crippen LogP) is 3.96. The van der Waals surface area contributed by atoms with Crippen molar-refractivity contribution in [2.24, 2.45) is 0 Å². The van der Waals surface area contributed by atoms with E-state index in [1.54, 1.807) is 0 Å². The summed E-state index contributed by atoms with van der Waals surface area (Å²) in [6, 6.07) is 12.7. The van der Waals surface area contributed by atoms with Crippen LogP contribution in [0, 0.1) is 20.8 Å². The second kappa shape index (κ2) is 4.73. The zero-order valence-corrected chi connectivity index (χ0v) is 11.5. The molecule has 2 aromatic rings. The second-order valence-electron chi connectivity index (χ2n) is 4.95. The molecule has 18 heavy (non-hydrogen) atoms. The maximum Gasteiger partial charge on any atom is 0.0413 e. The van der Waals surface area contributed by atoms with Crippen LogP contribution in [0.2, 0.25) is 0 Å². The summed E-state index contributed by atoms with van der Waals surface area (Å²) in [5, 5.41) is 0. The quantitative estimate of drug-likeness (QED) is 0.805. The summed E-state index contributed by atoms with van der Waals surface area (Å²) in [6.07, 6.45) is 0. The third-order valence-electron chi connectivity index (χ3n) is 3.23. The number of hydrogen-bond donors (Lipinski definition) is 1. The number of nitrogens with zero attached hydrogens (tertiary/aromatic N) is 1. The molecule has 0 aliphatic rings. The van der Waals surface area contributed by atoms with Gasteiger partial charge in [-0.25, -0.2) is 0 Å². The van der Waals surface area contributed by atoms with Crippen molar-refractivity contribution in [3.05, 3.63) is 53.1 Å². The van der Waals surface area contributed by atoms with E-state index in [0.717, 1.165) is 16.9 Å². The van der Waals surface area contributed by atoms with Crippen LogP contribution >= 0.6 is 0 Å². The van der Waals surface area contributed by atoms with Gasteiger partial charge in [-0.2, -0.15) is 0 Å². The molecule has 0 aliphatic heterocycles. The van der Waals surface area contributed by atoms with E-state index in [0.29, 0.717) is 0 Å². The Kier molecular flexibility index (Phi) is 3.28. The van der Waals surface area contributed by atoms with E-state index in [1.165, 1.54) is 16.8 Å². The predicted molar refractivity (Wildman–Crippen MR) is 79.6 cm³/mol. The highest BCUT2D eigenvalue weighted by Crippen LogP contribution is 2.27. The van der Waals surface area contributed by atoms with E-state index < -0.39 is 0 Å². The van der Waals surface area contributed by atoms with E-state index >= 15 is 0 Å². The fraction of sp³-hybridized carbons (Fsp3) is 0.250. The highest BCUT2D eigenvalue weighted by Gasteiger charge is 2.06. The van der Waals surface area contributed by atoms with E-state index in [2.05, 4.69) is 56.1 Å². The standard InChI is InChI=1S/C16H20N2/c1-11-7-12(2)9-15(8-11)18(4)14-5-6-16(17)13(3)10-14/h5-10H,17H2,1-4H3. The van der Waals surface area contributed by atoms with Gasteiger partial charge in [0.05, 0.1) is 0 Å². The highest BCUT2D eigenvalue weighted by atomic mass is 15.1. The molecule has 2 rings (SSSR count). The molecule has 0 saturated heterocycles. The Bertz CT molecular complexity index is 553. The van der Waals surface area contributed by atoms with Crippen LogP contribution in [0.3, 0.4) is 0 Å². The Labute approximate surface area is 109 Å². The summed E-state index contributed by atoms with van der Waals surface area (Å²) in [5.41, 5.74) is 12.7. The lowest BCUT2D eigenvalue weighted by Crippen LogP contribution is -2.10. The molecule has 0 spiro atoms. The first-order valence-corrected chi connectivity index (χ1v) is 6.15. The summed E-state index contributed by atoms with van der Waals surface area (Å²) >= 11 is 0. The van der Waals surface area contributed by atoms with Gasteiger partial charge in [0.2, 0.25) is 0 Å². The van der Waals surface area contributed by atoms with E-state index in [4.69, 9.17) is 5.73 Å². The number of nitrogen functional groups attached to an aromatic ring is 1. The van der Waals surface area contributed by atoms with Gasteiger partial charge in [-0.05, 0) is 67.8 Å². The van der Waals surface area contributed by atoms with Gasteiger partial charge >= 0.3 is 0 Å². The van der Waals surface area contributed by atoms with Gasteiger partial charge in [0.25, 0.3) is 0 Å². The molecule has 94 valence electrons. The molecule has 2 heteroatoms. The van der Waals surface area contributed by atoms with Gasteiger partial charge in [0.15, 0.2) is 0 Å². The molecular formula is C16H20N2. The van der Waals surface area contributed by atoms with Crippen LogP contribution in [0.5, 0.6) is 0 Å². The largest absolute Gasteiger partial charge is 0.399 e. The molecule has 0 amide bonds. The smallest absolute Gasteiger partial charge is 0.0413 e. The molecule has 0 bridgehead atoms. The summed E-state index contributed by atoms with van der Waals surface area (Å²) < 4.78 is 0. The lowest BCUT2D eigenvalue weighted by Gasteiger charge is -2.21. The molecule has 0 unspecified atom stereocenters. The Morgan fingerprint density at radius 3 is 2.00 bits per heavy atom. The topological polar surface area (TPSA) is 29.3 Å². The lowest BCUT2D eigenvalue weighted by molar-refractivity contribution is 1.19. The second-order valence-corrected chi connectivity index (χ2v) is 4.95. The van der Waals surface area contributed by atoms with Crippen LogP contribution in [-0.2, 0) is 0 Å². The highest BCUT2D eigenvalue weighted by molar-refractivity contribution is 5.67. The number of anilines is 3. The van der Waals surface area contributed by atoms with E-state index in [9.17, 15) is 0 Å². The van der Waals surface area contributed by atoms with Crippen molar-refractivity contribution in [3.63, 3.8) is 0 Å². The molecule has 2 aromatic carbocycles. The first kappa shape index (κ1) is 12.5. The van der Waals surface area contributed by atoms with Crippen molar-refractivity contribution in [2.45, 2.75) is 20.8 Å². The number of aryl methyl sites for hydroxylation is 3. The van der Waals surface area contributed by atoms with Gasteiger partial charge in [-0.3, -0.25) is 0 Å². The van der Waals surface area contributed by atoms with Crippen molar-refractivity contribution in [2.75, 3.05) is 17.7 Å². The fourth-order valence-electron chi connectivity index (χ4n) is 2.16. The van der Waals surface area contributed by atoms with Gasteiger partial charge in [0, 0.05) is 24.1 Å². The summed E-state index contributed by atoms with van der Waals surface area (Å²) in [7, 11) is 2.08. The average Bonchev–Trinajstić information content (AvgIpc) is 2.30. The van der Waals surface area contributed by atoms with Gasteiger partial charge in [-0.1, -0.05) is 6.07 Å². The zero-order valence-electron chi connectivity index (χ0n) is 11.5. The molecule has 0 fully saturated rings. The first-order chi connectivity index (χ1) is 8.47. The van der Waals surface area contributed by atoms with Crippen LogP contribution in [0.25, 0.3) is 0 Å². The van der Waals surface area contributed by atoms with Crippen LogP contribution in [0.1, 0.15) is 16.7 Å². The van der Waals surface area contributed by atoms with Crippen LogP contribution in [-0.4, -0.2) is 7.05 Å². The molecule has 0 atom stereocenters. The van der Waals surface area contributed by atoms with Crippen LogP contribution < -0.4 is 10.6 Å². The lowest BCUT2D eigenvalue weighted by atomic mass is 10.1. The monoisotopic (exact) mass is 240 g/mol. The van der Waals surface area contributed by atoms with E-state index in [-0.39, 0.29) is 0 Å². The molecule has 2 nitrogen and oxygen atoms in total. The molecule has 0 saturated carbocycles. The average molecular weight is 240 g/mol. The Morgan fingerprint density at radius 2 is 1.44 bits per heavy atom. The summed E-state index contributed by atoms with van der Waals surface area (Å²) in [4.78, 5) is 2.19. The molecule has 2 N–H and O–H groups in total. The minimum absolute atomic E-state index is 0.840. The molecule has 0 heterocycles. The summed E-state index contributed by atoms with van der Waals surface area (Å²) in [6.45, 7) is 6.28. The van der Waals surface area contributed by atoms with Crippen molar-refractivity contribution in [1.29, 1.82) is 0 Å². The Morgan fingerprint density at radius 1 is 0.833 bits per heavy atom. The van der Waals surface area contributed by atoms with Crippen molar-refractivity contribution in [3.8, 4) is 0 Å². The fourth-order valence-corrected chi connectivity index (χ4v) is 2.16. The maximum absolute atomic E-state index is 5.86. The maximum atomic E-state index is 5.86. The normalized spacial score (nSPS) is 10.4. The SMILES string of the molecule is Cc1cc(C)cc(N(C)c2ccc(N)c(C)c2)c1. The number of hydrogen-bond acceptors (Lipinski definition) is 2.